The Labute approximate surface area is 239 Å². The second kappa shape index (κ2) is 12.3. The van der Waals surface area contributed by atoms with E-state index in [0.717, 1.165) is 30.4 Å². The first-order valence-electron chi connectivity index (χ1n) is 13.4. The molecule has 0 saturated carbocycles. The molecule has 0 spiro atoms. The Morgan fingerprint density at radius 1 is 1.10 bits per heavy atom. The van der Waals surface area contributed by atoms with Crippen molar-refractivity contribution in [3.8, 4) is 22.4 Å². The van der Waals surface area contributed by atoms with Crippen molar-refractivity contribution < 1.29 is 18.7 Å². The van der Waals surface area contributed by atoms with Gasteiger partial charge >= 0.3 is 5.97 Å². The zero-order valence-electron chi connectivity index (χ0n) is 24.3. The number of esters is 1. The predicted octanol–water partition coefficient (Wildman–Crippen LogP) is 6.03. The number of hydrogen-bond donors (Lipinski definition) is 2. The Bertz CT molecular complexity index is 1590. The molecule has 0 saturated heterocycles. The van der Waals surface area contributed by atoms with Crippen molar-refractivity contribution in [1.82, 2.24) is 14.9 Å². The molecule has 9 heteroatoms. The number of hydrogen-bond acceptors (Lipinski definition) is 6. The van der Waals surface area contributed by atoms with Gasteiger partial charge in [0.1, 0.15) is 11.5 Å². The summed E-state index contributed by atoms with van der Waals surface area (Å²) in [6.45, 7) is 10.4. The maximum Gasteiger partial charge on any atom is 0.339 e. The van der Waals surface area contributed by atoms with Crippen LogP contribution >= 0.6 is 0 Å². The van der Waals surface area contributed by atoms with Crippen molar-refractivity contribution in [2.45, 2.75) is 26.9 Å². The quantitative estimate of drug-likeness (QED) is 0.183. The number of nitrogens with one attached hydrogen (secondary N) is 2. The molecule has 8 nitrogen and oxygen atoms in total. The molecule has 4 aromatic rings. The van der Waals surface area contributed by atoms with E-state index in [1.54, 1.807) is 32.9 Å². The minimum atomic E-state index is -0.498. The van der Waals surface area contributed by atoms with Crippen LogP contribution in [0.15, 0.2) is 61.3 Å². The fourth-order valence-electron chi connectivity index (χ4n) is 4.48. The van der Waals surface area contributed by atoms with Crippen LogP contribution in [0.3, 0.4) is 0 Å². The minimum absolute atomic E-state index is 0.281. The number of H-pyrrole nitrogens is 1. The third-order valence-corrected chi connectivity index (χ3v) is 6.78. The molecule has 0 unspecified atom stereocenters. The lowest BCUT2D eigenvalue weighted by atomic mass is 9.96. The summed E-state index contributed by atoms with van der Waals surface area (Å²) in [6, 6.07) is 12.9. The standard InChI is InChI=1S/C32H36FN5O3/c1-8-28(39)35-27-17-22(16-26(33)20(27)4)29-25-15-23(32(40)41-19(2)3)18-34-31(25)36-30(29)21-9-11-24(12-10-21)38(7)14-13-37(5)6/h8-12,15-19H,1,13-14H2,2-7H3,(H,34,36)(H,35,39). The summed E-state index contributed by atoms with van der Waals surface area (Å²) in [5.41, 5.74) is 5.21. The van der Waals surface area contributed by atoms with Gasteiger partial charge in [-0.2, -0.15) is 0 Å². The van der Waals surface area contributed by atoms with Crippen LogP contribution in [0.4, 0.5) is 15.8 Å². The topological polar surface area (TPSA) is 90.6 Å². The van der Waals surface area contributed by atoms with Gasteiger partial charge in [-0.15, -0.1) is 0 Å². The van der Waals surface area contributed by atoms with Crippen LogP contribution in [0.5, 0.6) is 0 Å². The van der Waals surface area contributed by atoms with E-state index < -0.39 is 17.7 Å². The minimum Gasteiger partial charge on any atom is -0.459 e. The molecule has 41 heavy (non-hydrogen) atoms. The summed E-state index contributed by atoms with van der Waals surface area (Å²) in [5, 5.41) is 3.32. The fourth-order valence-corrected chi connectivity index (χ4v) is 4.48. The third-order valence-electron chi connectivity index (χ3n) is 6.78. The predicted molar refractivity (Wildman–Crippen MR) is 163 cm³/mol. The van der Waals surface area contributed by atoms with Crippen molar-refractivity contribution in [3.63, 3.8) is 0 Å². The summed E-state index contributed by atoms with van der Waals surface area (Å²) in [6.07, 6.45) is 2.30. The third kappa shape index (κ3) is 6.63. The van der Waals surface area contributed by atoms with Crippen LogP contribution in [0, 0.1) is 12.7 Å². The molecule has 0 bridgehead atoms. The largest absolute Gasteiger partial charge is 0.459 e. The fraction of sp³-hybridized carbons (Fsp3) is 0.281. The van der Waals surface area contributed by atoms with Gasteiger partial charge in [0.05, 0.1) is 17.4 Å². The number of anilines is 2. The molecule has 2 N–H and O–H groups in total. The molecule has 0 aliphatic heterocycles. The van der Waals surface area contributed by atoms with Gasteiger partial charge in [0, 0.05) is 54.2 Å². The normalized spacial score (nSPS) is 11.2. The van der Waals surface area contributed by atoms with Gasteiger partial charge in [-0.25, -0.2) is 14.2 Å². The summed E-state index contributed by atoms with van der Waals surface area (Å²) in [7, 11) is 6.12. The van der Waals surface area contributed by atoms with Gasteiger partial charge in [0.25, 0.3) is 0 Å². The van der Waals surface area contributed by atoms with Gasteiger partial charge < -0.3 is 24.8 Å². The maximum absolute atomic E-state index is 15.3. The first kappa shape index (κ1) is 29.5. The maximum atomic E-state index is 15.3. The van der Waals surface area contributed by atoms with Crippen molar-refractivity contribution in [2.24, 2.45) is 0 Å². The van der Waals surface area contributed by atoms with E-state index in [4.69, 9.17) is 4.74 Å². The number of aromatic amines is 1. The molecule has 1 amide bonds. The van der Waals surface area contributed by atoms with E-state index in [2.05, 4.69) is 31.7 Å². The number of ether oxygens (including phenoxy) is 1. The van der Waals surface area contributed by atoms with Crippen LogP contribution < -0.4 is 10.2 Å². The van der Waals surface area contributed by atoms with Gasteiger partial charge in [-0.3, -0.25) is 4.79 Å². The summed E-state index contributed by atoms with van der Waals surface area (Å²) < 4.78 is 20.6. The molecule has 2 heterocycles. The van der Waals surface area contributed by atoms with Gasteiger partial charge in [0.2, 0.25) is 5.91 Å². The number of carbonyl (C=O) groups excluding carboxylic acids is 2. The lowest BCUT2D eigenvalue weighted by molar-refractivity contribution is -0.111. The molecule has 0 radical (unpaired) electrons. The van der Waals surface area contributed by atoms with Crippen LogP contribution in [-0.4, -0.2) is 67.1 Å². The number of nitrogens with zero attached hydrogens (tertiary/aromatic N) is 3. The van der Waals surface area contributed by atoms with E-state index in [-0.39, 0.29) is 11.7 Å². The number of aromatic nitrogens is 2. The summed E-state index contributed by atoms with van der Waals surface area (Å²) in [5.74, 6) is -1.43. The molecule has 0 fully saturated rings. The van der Waals surface area contributed by atoms with Gasteiger partial charge in [0.15, 0.2) is 0 Å². The summed E-state index contributed by atoms with van der Waals surface area (Å²) >= 11 is 0. The second-order valence-corrected chi connectivity index (χ2v) is 10.5. The number of likely N-dealkylation sites (N-methyl/N-ethyl adjacent to an activating group) is 2. The zero-order valence-corrected chi connectivity index (χ0v) is 24.3. The van der Waals surface area contributed by atoms with Crippen molar-refractivity contribution in [1.29, 1.82) is 0 Å². The molecule has 0 aliphatic carbocycles. The second-order valence-electron chi connectivity index (χ2n) is 10.5. The number of pyridine rings is 1. The number of carbonyl (C=O) groups is 2. The molecular weight excluding hydrogens is 521 g/mol. The van der Waals surface area contributed by atoms with Crippen LogP contribution in [0.2, 0.25) is 0 Å². The Morgan fingerprint density at radius 3 is 2.44 bits per heavy atom. The SMILES string of the molecule is C=CC(=O)Nc1cc(-c2c(-c3ccc(N(C)CCN(C)C)cc3)[nH]c3ncc(C(=O)OC(C)C)cc23)cc(F)c1C. The van der Waals surface area contributed by atoms with E-state index in [9.17, 15) is 9.59 Å². The van der Waals surface area contributed by atoms with E-state index in [1.807, 2.05) is 45.4 Å². The average molecular weight is 558 g/mol. The highest BCUT2D eigenvalue weighted by atomic mass is 19.1. The molecule has 2 aromatic carbocycles. The molecular formula is C32H36FN5O3. The van der Waals surface area contributed by atoms with Crippen LogP contribution in [0.1, 0.15) is 29.8 Å². The highest BCUT2D eigenvalue weighted by molar-refractivity contribution is 6.06. The van der Waals surface area contributed by atoms with Crippen LogP contribution in [0.25, 0.3) is 33.4 Å². The Morgan fingerprint density at radius 2 is 1.80 bits per heavy atom. The number of halogens is 1. The smallest absolute Gasteiger partial charge is 0.339 e. The highest BCUT2D eigenvalue weighted by Gasteiger charge is 2.21. The van der Waals surface area contributed by atoms with Gasteiger partial charge in [-0.1, -0.05) is 18.7 Å². The zero-order chi connectivity index (χ0) is 29.8. The number of rotatable bonds is 10. The Kier molecular flexibility index (Phi) is 8.88. The van der Waals surface area contributed by atoms with Gasteiger partial charge in [-0.05, 0) is 82.4 Å². The highest BCUT2D eigenvalue weighted by Crippen LogP contribution is 2.40. The monoisotopic (exact) mass is 557 g/mol. The molecule has 4 rings (SSSR count). The van der Waals surface area contributed by atoms with Crippen LogP contribution in [-0.2, 0) is 9.53 Å². The van der Waals surface area contributed by atoms with Crippen molar-refractivity contribution in [2.75, 3.05) is 44.4 Å². The van der Waals surface area contributed by atoms with Crippen molar-refractivity contribution in [3.05, 3.63) is 78.3 Å². The molecule has 214 valence electrons. The lowest BCUT2D eigenvalue weighted by Crippen LogP contribution is -2.28. The Hall–Kier alpha value is -4.50. The number of fused-ring (bicyclic) bond motifs is 1. The molecule has 0 aliphatic rings. The summed E-state index contributed by atoms with van der Waals surface area (Å²) in [4.78, 5) is 37.0. The van der Waals surface area contributed by atoms with E-state index in [1.165, 1.54) is 12.3 Å². The van der Waals surface area contributed by atoms with E-state index >= 15 is 4.39 Å². The van der Waals surface area contributed by atoms with Crippen molar-refractivity contribution >= 4 is 34.3 Å². The average Bonchev–Trinajstić information content (AvgIpc) is 3.32. The first-order chi connectivity index (χ1) is 19.5. The lowest BCUT2D eigenvalue weighted by Gasteiger charge is -2.21. The Balaban J connectivity index is 1.89. The molecule has 2 aromatic heterocycles. The number of amides is 1. The molecule has 0 atom stereocenters. The van der Waals surface area contributed by atoms with E-state index in [0.29, 0.717) is 39.1 Å². The number of benzene rings is 2. The first-order valence-corrected chi connectivity index (χ1v) is 13.4.